The molecule has 22 heavy (non-hydrogen) atoms. The minimum atomic E-state index is -0.283. The lowest BCUT2D eigenvalue weighted by molar-refractivity contribution is -0.124. The molecule has 0 unspecified atom stereocenters. The van der Waals surface area contributed by atoms with Gasteiger partial charge in [-0.05, 0) is 28.1 Å². The Kier molecular flexibility index (Phi) is 5.96. The second kappa shape index (κ2) is 7.95. The van der Waals surface area contributed by atoms with Gasteiger partial charge in [0.2, 0.25) is 17.7 Å². The minimum Gasteiger partial charge on any atom is -0.411 e. The number of nitrogens with one attached hydrogen (secondary N) is 2. The molecule has 0 atom stereocenters. The van der Waals surface area contributed by atoms with Crippen molar-refractivity contribution in [3.63, 3.8) is 0 Å². The molecule has 1 heterocycles. The number of hydrogen-bond acceptors (Lipinski definition) is 6. The molecule has 0 fully saturated rings. The summed E-state index contributed by atoms with van der Waals surface area (Å²) in [6, 6.07) is 7.47. The Hall–Kier alpha value is -1.87. The van der Waals surface area contributed by atoms with E-state index in [0.717, 1.165) is 21.8 Å². The standard InChI is InChI=1S/C13H13BrN4O3S/c1-15-10(19)6-16-11(20)7-22-13-18-17-12(21-13)8-4-2-3-5-9(8)14/h2-5H,6-7H2,1H3,(H,15,19)(H,16,20). The number of amides is 2. The zero-order chi connectivity index (χ0) is 15.9. The molecule has 0 saturated heterocycles. The summed E-state index contributed by atoms with van der Waals surface area (Å²) in [5.74, 6) is -0.0726. The molecule has 2 N–H and O–H groups in total. The van der Waals surface area contributed by atoms with Crippen LogP contribution in [0.3, 0.4) is 0 Å². The van der Waals surface area contributed by atoms with E-state index in [9.17, 15) is 9.59 Å². The van der Waals surface area contributed by atoms with Gasteiger partial charge < -0.3 is 15.1 Å². The molecule has 2 aromatic rings. The molecule has 0 aliphatic rings. The van der Waals surface area contributed by atoms with E-state index in [0.29, 0.717) is 11.1 Å². The fourth-order valence-corrected chi connectivity index (χ4v) is 2.50. The Morgan fingerprint density at radius 1 is 1.27 bits per heavy atom. The zero-order valence-electron chi connectivity index (χ0n) is 11.6. The normalized spacial score (nSPS) is 10.3. The van der Waals surface area contributed by atoms with Crippen molar-refractivity contribution < 1.29 is 14.0 Å². The van der Waals surface area contributed by atoms with E-state index >= 15 is 0 Å². The predicted molar refractivity (Wildman–Crippen MR) is 85.2 cm³/mol. The Morgan fingerprint density at radius 2 is 2.05 bits per heavy atom. The SMILES string of the molecule is CNC(=O)CNC(=O)CSc1nnc(-c2ccccc2Br)o1. The number of halogens is 1. The zero-order valence-corrected chi connectivity index (χ0v) is 14.0. The molecule has 116 valence electrons. The number of aromatic nitrogens is 2. The first-order chi connectivity index (χ1) is 10.6. The van der Waals surface area contributed by atoms with Crippen LogP contribution >= 0.6 is 27.7 Å². The van der Waals surface area contributed by atoms with Gasteiger partial charge in [0.25, 0.3) is 5.22 Å². The highest BCUT2D eigenvalue weighted by atomic mass is 79.9. The number of benzene rings is 1. The van der Waals surface area contributed by atoms with E-state index in [4.69, 9.17) is 4.42 Å². The highest BCUT2D eigenvalue weighted by Crippen LogP contribution is 2.28. The quantitative estimate of drug-likeness (QED) is 0.731. The van der Waals surface area contributed by atoms with E-state index in [1.165, 1.54) is 7.05 Å². The molecule has 0 aliphatic heterocycles. The van der Waals surface area contributed by atoms with Crippen molar-refractivity contribution in [2.24, 2.45) is 0 Å². The molecular weight excluding hydrogens is 372 g/mol. The lowest BCUT2D eigenvalue weighted by atomic mass is 10.2. The molecule has 1 aromatic heterocycles. The molecule has 2 amide bonds. The summed E-state index contributed by atoms with van der Waals surface area (Å²) >= 11 is 4.52. The third-order valence-corrected chi connectivity index (χ3v) is 4.07. The molecule has 2 rings (SSSR count). The van der Waals surface area contributed by atoms with Crippen LogP contribution in [0.1, 0.15) is 0 Å². The van der Waals surface area contributed by atoms with E-state index in [2.05, 4.69) is 36.8 Å². The van der Waals surface area contributed by atoms with Crippen LogP contribution in [-0.4, -0.2) is 41.4 Å². The highest BCUT2D eigenvalue weighted by molar-refractivity contribution is 9.10. The van der Waals surface area contributed by atoms with Gasteiger partial charge in [0, 0.05) is 11.5 Å². The van der Waals surface area contributed by atoms with Gasteiger partial charge in [0.1, 0.15) is 0 Å². The van der Waals surface area contributed by atoms with Crippen LogP contribution in [0.15, 0.2) is 38.4 Å². The second-order valence-corrected chi connectivity index (χ2v) is 5.87. The van der Waals surface area contributed by atoms with Crippen molar-refractivity contribution in [2.45, 2.75) is 5.22 Å². The van der Waals surface area contributed by atoms with Gasteiger partial charge >= 0.3 is 0 Å². The molecule has 0 saturated carbocycles. The summed E-state index contributed by atoms with van der Waals surface area (Å²) in [5.41, 5.74) is 0.783. The smallest absolute Gasteiger partial charge is 0.277 e. The van der Waals surface area contributed by atoms with Crippen molar-refractivity contribution in [2.75, 3.05) is 19.3 Å². The lowest BCUT2D eigenvalue weighted by Crippen LogP contribution is -2.35. The molecule has 0 aliphatic carbocycles. The Balaban J connectivity index is 1.89. The maximum atomic E-state index is 11.6. The maximum absolute atomic E-state index is 11.6. The summed E-state index contributed by atoms with van der Waals surface area (Å²) in [7, 11) is 1.50. The number of carbonyl (C=O) groups excluding carboxylic acids is 2. The largest absolute Gasteiger partial charge is 0.411 e. The van der Waals surface area contributed by atoms with Gasteiger partial charge in [-0.1, -0.05) is 23.9 Å². The van der Waals surface area contributed by atoms with Crippen molar-refractivity contribution in [1.82, 2.24) is 20.8 Å². The molecular formula is C13H13BrN4O3S. The highest BCUT2D eigenvalue weighted by Gasteiger charge is 2.13. The van der Waals surface area contributed by atoms with Crippen LogP contribution in [-0.2, 0) is 9.59 Å². The summed E-state index contributed by atoms with van der Waals surface area (Å²) in [6.07, 6.45) is 0. The average molecular weight is 385 g/mol. The summed E-state index contributed by atoms with van der Waals surface area (Å²) in [4.78, 5) is 22.6. The van der Waals surface area contributed by atoms with E-state index in [1.807, 2.05) is 24.3 Å². The summed E-state index contributed by atoms with van der Waals surface area (Å²) in [5, 5.41) is 13.0. The van der Waals surface area contributed by atoms with Crippen LogP contribution < -0.4 is 10.6 Å². The number of rotatable bonds is 6. The number of hydrogen-bond donors (Lipinski definition) is 2. The lowest BCUT2D eigenvalue weighted by Gasteiger charge is -2.02. The summed E-state index contributed by atoms with van der Waals surface area (Å²) < 4.78 is 6.35. The predicted octanol–water partition coefficient (Wildman–Crippen LogP) is 1.45. The van der Waals surface area contributed by atoms with Crippen molar-refractivity contribution in [1.29, 1.82) is 0 Å². The van der Waals surface area contributed by atoms with Gasteiger partial charge in [-0.25, -0.2) is 0 Å². The fourth-order valence-electron chi connectivity index (χ4n) is 1.46. The first-order valence-electron chi connectivity index (χ1n) is 6.28. The average Bonchev–Trinajstić information content (AvgIpc) is 2.99. The molecule has 0 radical (unpaired) electrons. The van der Waals surface area contributed by atoms with E-state index in [1.54, 1.807) is 0 Å². The third-order valence-electron chi connectivity index (χ3n) is 2.56. The van der Waals surface area contributed by atoms with E-state index < -0.39 is 0 Å². The van der Waals surface area contributed by atoms with Crippen LogP contribution in [0.25, 0.3) is 11.5 Å². The fraction of sp³-hybridized carbons (Fsp3) is 0.231. The van der Waals surface area contributed by atoms with Gasteiger partial charge in [0.15, 0.2) is 0 Å². The maximum Gasteiger partial charge on any atom is 0.277 e. The number of carbonyl (C=O) groups is 2. The Labute approximate surface area is 139 Å². The van der Waals surface area contributed by atoms with Crippen molar-refractivity contribution in [3.8, 4) is 11.5 Å². The van der Waals surface area contributed by atoms with Crippen molar-refractivity contribution >= 4 is 39.5 Å². The molecule has 1 aromatic carbocycles. The first-order valence-corrected chi connectivity index (χ1v) is 8.06. The monoisotopic (exact) mass is 384 g/mol. The van der Waals surface area contributed by atoms with Gasteiger partial charge in [-0.3, -0.25) is 9.59 Å². The number of likely N-dealkylation sites (N-methyl/N-ethyl adjacent to an activating group) is 1. The van der Waals surface area contributed by atoms with Crippen LogP contribution in [0, 0.1) is 0 Å². The number of nitrogens with zero attached hydrogens (tertiary/aromatic N) is 2. The van der Waals surface area contributed by atoms with Crippen LogP contribution in [0.2, 0.25) is 0 Å². The van der Waals surface area contributed by atoms with Crippen molar-refractivity contribution in [3.05, 3.63) is 28.7 Å². The molecule has 0 spiro atoms. The first kappa shape index (κ1) is 16.5. The summed E-state index contributed by atoms with van der Waals surface area (Å²) in [6.45, 7) is -0.0536. The minimum absolute atomic E-state index is 0.0536. The van der Waals surface area contributed by atoms with Gasteiger partial charge in [0.05, 0.1) is 17.9 Å². The topological polar surface area (TPSA) is 97.1 Å². The third kappa shape index (κ3) is 4.57. The molecule has 9 heteroatoms. The van der Waals surface area contributed by atoms with Gasteiger partial charge in [-0.2, -0.15) is 0 Å². The molecule has 7 nitrogen and oxygen atoms in total. The van der Waals surface area contributed by atoms with Crippen LogP contribution in [0.5, 0.6) is 0 Å². The van der Waals surface area contributed by atoms with Crippen LogP contribution in [0.4, 0.5) is 0 Å². The Morgan fingerprint density at radius 3 is 2.77 bits per heavy atom. The van der Waals surface area contributed by atoms with Gasteiger partial charge in [-0.15, -0.1) is 10.2 Å². The second-order valence-electron chi connectivity index (χ2n) is 4.09. The Bertz CT molecular complexity index is 677. The number of thioether (sulfide) groups is 1. The molecule has 0 bridgehead atoms. The van der Waals surface area contributed by atoms with E-state index in [-0.39, 0.29) is 24.1 Å².